The van der Waals surface area contributed by atoms with E-state index in [1.807, 2.05) is 18.4 Å². The van der Waals surface area contributed by atoms with Crippen molar-refractivity contribution in [1.82, 2.24) is 9.55 Å². The second kappa shape index (κ2) is 4.80. The molecule has 0 N–H and O–H groups in total. The summed E-state index contributed by atoms with van der Waals surface area (Å²) in [5.74, 6) is 0.612. The molecule has 0 aliphatic rings. The molecule has 1 aromatic heterocycles. The van der Waals surface area contributed by atoms with Gasteiger partial charge in [0.2, 0.25) is 0 Å². The quantitative estimate of drug-likeness (QED) is 0.782. The Morgan fingerprint density at radius 1 is 1.28 bits per heavy atom. The van der Waals surface area contributed by atoms with Crippen LogP contribution in [0.15, 0.2) is 12.1 Å². The number of fused-ring (bicyclic) bond motifs is 1. The molecule has 0 spiro atoms. The van der Waals surface area contributed by atoms with E-state index in [9.17, 15) is 4.79 Å². The van der Waals surface area contributed by atoms with E-state index in [0.29, 0.717) is 6.61 Å². The van der Waals surface area contributed by atoms with Crippen LogP contribution in [0.1, 0.15) is 23.9 Å². The minimum atomic E-state index is -0.224. The Kier molecular flexibility index (Phi) is 3.36. The van der Waals surface area contributed by atoms with Crippen molar-refractivity contribution in [3.63, 3.8) is 0 Å². The van der Waals surface area contributed by atoms with Crippen LogP contribution < -0.4 is 0 Å². The summed E-state index contributed by atoms with van der Waals surface area (Å²) in [6, 6.07) is 4.13. The molecule has 0 saturated carbocycles. The number of carbonyl (C=O) groups excluding carboxylic acids is 1. The van der Waals surface area contributed by atoms with Gasteiger partial charge in [-0.15, -0.1) is 0 Å². The summed E-state index contributed by atoms with van der Waals surface area (Å²) in [6.45, 7) is 8.47. The van der Waals surface area contributed by atoms with Gasteiger partial charge in [0.15, 0.2) is 0 Å². The molecule has 96 valence electrons. The smallest absolute Gasteiger partial charge is 0.326 e. The maximum Gasteiger partial charge on any atom is 0.326 e. The van der Waals surface area contributed by atoms with E-state index in [1.165, 1.54) is 11.1 Å². The van der Waals surface area contributed by atoms with Crippen LogP contribution in [0.5, 0.6) is 0 Å². The van der Waals surface area contributed by atoms with Crippen molar-refractivity contribution < 1.29 is 9.53 Å². The van der Waals surface area contributed by atoms with Crippen molar-refractivity contribution in [3.05, 3.63) is 29.1 Å². The molecule has 1 aromatic carbocycles. The molecule has 2 aromatic rings. The van der Waals surface area contributed by atoms with E-state index in [-0.39, 0.29) is 12.5 Å². The van der Waals surface area contributed by atoms with Gasteiger partial charge in [0.05, 0.1) is 17.6 Å². The molecule has 0 radical (unpaired) electrons. The standard InChI is InChI=1S/C14H18N2O2/c1-5-18-14(17)8-16-11(4)15-12-6-9(2)10(3)7-13(12)16/h6-7H,5,8H2,1-4H3. The van der Waals surface area contributed by atoms with Gasteiger partial charge in [-0.05, 0) is 51.0 Å². The van der Waals surface area contributed by atoms with E-state index in [1.54, 1.807) is 0 Å². The van der Waals surface area contributed by atoms with Crippen LogP contribution in [0, 0.1) is 20.8 Å². The molecule has 0 amide bonds. The van der Waals surface area contributed by atoms with Crippen LogP contribution in [-0.2, 0) is 16.1 Å². The Bertz CT molecular complexity index is 599. The number of hydrogen-bond acceptors (Lipinski definition) is 3. The number of ether oxygens (including phenoxy) is 1. The third-order valence-electron chi connectivity index (χ3n) is 3.15. The average molecular weight is 246 g/mol. The minimum absolute atomic E-state index is 0.221. The number of imidazole rings is 1. The molecule has 4 heteroatoms. The monoisotopic (exact) mass is 246 g/mol. The summed E-state index contributed by atoms with van der Waals surface area (Å²) >= 11 is 0. The van der Waals surface area contributed by atoms with Crippen molar-refractivity contribution in [2.75, 3.05) is 6.61 Å². The van der Waals surface area contributed by atoms with E-state index in [2.05, 4.69) is 31.0 Å². The van der Waals surface area contributed by atoms with Gasteiger partial charge in [-0.3, -0.25) is 4.79 Å². The summed E-state index contributed by atoms with van der Waals surface area (Å²) in [7, 11) is 0. The minimum Gasteiger partial charge on any atom is -0.465 e. The predicted octanol–water partition coefficient (Wildman–Crippen LogP) is 2.52. The second-order valence-corrected chi connectivity index (χ2v) is 4.48. The zero-order valence-corrected chi connectivity index (χ0v) is 11.3. The first kappa shape index (κ1) is 12.6. The van der Waals surface area contributed by atoms with Crippen LogP contribution in [0.4, 0.5) is 0 Å². The van der Waals surface area contributed by atoms with Crippen molar-refractivity contribution in [1.29, 1.82) is 0 Å². The lowest BCUT2D eigenvalue weighted by atomic mass is 10.1. The molecule has 0 atom stereocenters. The lowest BCUT2D eigenvalue weighted by molar-refractivity contribution is -0.143. The number of esters is 1. The van der Waals surface area contributed by atoms with Gasteiger partial charge in [0.25, 0.3) is 0 Å². The van der Waals surface area contributed by atoms with E-state index in [0.717, 1.165) is 16.9 Å². The second-order valence-electron chi connectivity index (χ2n) is 4.48. The predicted molar refractivity (Wildman–Crippen MR) is 70.6 cm³/mol. The topological polar surface area (TPSA) is 44.1 Å². The molecule has 0 unspecified atom stereocenters. The first-order valence-electron chi connectivity index (χ1n) is 6.12. The van der Waals surface area contributed by atoms with Crippen molar-refractivity contribution in [2.24, 2.45) is 0 Å². The van der Waals surface area contributed by atoms with Crippen LogP contribution in [0.3, 0.4) is 0 Å². The normalized spacial score (nSPS) is 10.9. The Hall–Kier alpha value is -1.84. The molecule has 0 saturated heterocycles. The first-order valence-corrected chi connectivity index (χ1v) is 6.12. The maximum absolute atomic E-state index is 11.6. The molecule has 18 heavy (non-hydrogen) atoms. The fourth-order valence-electron chi connectivity index (χ4n) is 2.04. The third-order valence-corrected chi connectivity index (χ3v) is 3.15. The summed E-state index contributed by atoms with van der Waals surface area (Å²) in [5, 5.41) is 0. The van der Waals surface area contributed by atoms with Crippen LogP contribution in [0.2, 0.25) is 0 Å². The van der Waals surface area contributed by atoms with Crippen molar-refractivity contribution in [2.45, 2.75) is 34.2 Å². The molecular formula is C14H18N2O2. The number of rotatable bonds is 3. The number of carbonyl (C=O) groups is 1. The molecule has 2 rings (SSSR count). The number of aromatic nitrogens is 2. The lowest BCUT2D eigenvalue weighted by Gasteiger charge is -2.07. The molecular weight excluding hydrogens is 228 g/mol. The molecule has 1 heterocycles. The van der Waals surface area contributed by atoms with E-state index in [4.69, 9.17) is 4.74 Å². The fraction of sp³-hybridized carbons (Fsp3) is 0.429. The lowest BCUT2D eigenvalue weighted by Crippen LogP contribution is -2.14. The molecule has 4 nitrogen and oxygen atoms in total. The number of nitrogens with zero attached hydrogens (tertiary/aromatic N) is 2. The summed E-state index contributed by atoms with van der Waals surface area (Å²) in [6.07, 6.45) is 0. The van der Waals surface area contributed by atoms with E-state index >= 15 is 0 Å². The SMILES string of the molecule is CCOC(=O)Cn1c(C)nc2cc(C)c(C)cc21. The van der Waals surface area contributed by atoms with Gasteiger partial charge < -0.3 is 9.30 Å². The summed E-state index contributed by atoms with van der Waals surface area (Å²) in [4.78, 5) is 16.1. The van der Waals surface area contributed by atoms with Gasteiger partial charge in [0, 0.05) is 0 Å². The Labute approximate surface area is 107 Å². The Morgan fingerprint density at radius 3 is 2.61 bits per heavy atom. The largest absolute Gasteiger partial charge is 0.465 e. The third kappa shape index (κ3) is 2.23. The zero-order chi connectivity index (χ0) is 13.3. The molecule has 0 aliphatic carbocycles. The van der Waals surface area contributed by atoms with Crippen molar-refractivity contribution >= 4 is 17.0 Å². The molecule has 0 aliphatic heterocycles. The Morgan fingerprint density at radius 2 is 1.94 bits per heavy atom. The van der Waals surface area contributed by atoms with Gasteiger partial charge >= 0.3 is 5.97 Å². The van der Waals surface area contributed by atoms with Gasteiger partial charge in [0.1, 0.15) is 12.4 Å². The highest BCUT2D eigenvalue weighted by Crippen LogP contribution is 2.20. The van der Waals surface area contributed by atoms with Crippen LogP contribution in [0.25, 0.3) is 11.0 Å². The highest BCUT2D eigenvalue weighted by molar-refractivity contribution is 5.80. The van der Waals surface area contributed by atoms with Crippen molar-refractivity contribution in [3.8, 4) is 0 Å². The number of benzene rings is 1. The first-order chi connectivity index (χ1) is 8.52. The van der Waals surface area contributed by atoms with Gasteiger partial charge in [-0.2, -0.15) is 0 Å². The molecule has 0 fully saturated rings. The fourth-order valence-corrected chi connectivity index (χ4v) is 2.04. The summed E-state index contributed by atoms with van der Waals surface area (Å²) in [5.41, 5.74) is 4.33. The number of hydrogen-bond donors (Lipinski definition) is 0. The van der Waals surface area contributed by atoms with Crippen LogP contribution in [-0.4, -0.2) is 22.1 Å². The van der Waals surface area contributed by atoms with Crippen LogP contribution >= 0.6 is 0 Å². The van der Waals surface area contributed by atoms with Gasteiger partial charge in [-0.1, -0.05) is 0 Å². The maximum atomic E-state index is 11.6. The Balaban J connectivity index is 2.46. The summed E-state index contributed by atoms with van der Waals surface area (Å²) < 4.78 is 6.89. The highest BCUT2D eigenvalue weighted by Gasteiger charge is 2.12. The average Bonchev–Trinajstić information content (AvgIpc) is 2.57. The van der Waals surface area contributed by atoms with E-state index < -0.39 is 0 Å². The van der Waals surface area contributed by atoms with Gasteiger partial charge in [-0.25, -0.2) is 4.98 Å². The molecule has 0 bridgehead atoms. The highest BCUT2D eigenvalue weighted by atomic mass is 16.5. The zero-order valence-electron chi connectivity index (χ0n) is 11.3. The number of aryl methyl sites for hydroxylation is 3.